The van der Waals surface area contributed by atoms with E-state index in [2.05, 4.69) is 10.3 Å². The van der Waals surface area contributed by atoms with E-state index in [1.807, 2.05) is 19.1 Å². The maximum atomic E-state index is 12.1. The van der Waals surface area contributed by atoms with Crippen molar-refractivity contribution in [1.82, 2.24) is 10.3 Å². The van der Waals surface area contributed by atoms with Crippen molar-refractivity contribution in [2.24, 2.45) is 11.7 Å². The molecule has 1 heterocycles. The number of carbonyl (C=O) groups is 1. The minimum atomic E-state index is -0.170. The number of halogens is 2. The van der Waals surface area contributed by atoms with Gasteiger partial charge in [-0.1, -0.05) is 6.07 Å². The van der Waals surface area contributed by atoms with Crippen LogP contribution < -0.4 is 11.1 Å². The lowest BCUT2D eigenvalue weighted by Gasteiger charge is -2.19. The third kappa shape index (κ3) is 4.97. The molecule has 1 aromatic rings. The van der Waals surface area contributed by atoms with Gasteiger partial charge < -0.3 is 11.1 Å². The lowest BCUT2D eigenvalue weighted by atomic mass is 10.0. The van der Waals surface area contributed by atoms with Gasteiger partial charge in [0.05, 0.1) is 5.92 Å². The number of amides is 1. The van der Waals surface area contributed by atoms with Gasteiger partial charge in [0.15, 0.2) is 0 Å². The number of nitrogens with two attached hydrogens (primary N) is 1. The molecule has 4 nitrogen and oxygen atoms in total. The fraction of sp³-hybridized carbons (Fsp3) is 0.538. The van der Waals surface area contributed by atoms with Crippen molar-refractivity contribution >= 4 is 30.7 Å². The lowest BCUT2D eigenvalue weighted by molar-refractivity contribution is -0.123. The van der Waals surface area contributed by atoms with E-state index in [4.69, 9.17) is 5.73 Å². The molecule has 1 aliphatic carbocycles. The monoisotopic (exact) mass is 305 g/mol. The van der Waals surface area contributed by atoms with Crippen molar-refractivity contribution in [2.75, 3.05) is 6.54 Å². The molecule has 1 amide bonds. The van der Waals surface area contributed by atoms with Gasteiger partial charge in [-0.15, -0.1) is 24.8 Å². The van der Waals surface area contributed by atoms with Crippen LogP contribution in [0.3, 0.4) is 0 Å². The highest BCUT2D eigenvalue weighted by molar-refractivity contribution is 5.85. The molecule has 0 bridgehead atoms. The van der Waals surface area contributed by atoms with Gasteiger partial charge in [-0.05, 0) is 37.3 Å². The minimum Gasteiger partial charge on any atom is -0.351 e. The third-order valence-electron chi connectivity index (χ3n) is 3.35. The summed E-state index contributed by atoms with van der Waals surface area (Å²) < 4.78 is 0. The molecule has 2 unspecified atom stereocenters. The summed E-state index contributed by atoms with van der Waals surface area (Å²) in [4.78, 5) is 16.1. The highest BCUT2D eigenvalue weighted by Gasteiger charge is 2.32. The highest BCUT2D eigenvalue weighted by Crippen LogP contribution is 2.32. The van der Waals surface area contributed by atoms with Crippen molar-refractivity contribution in [2.45, 2.75) is 31.7 Å². The Hall–Kier alpha value is -0.840. The minimum absolute atomic E-state index is 0. The molecular weight excluding hydrogens is 285 g/mol. The molecule has 3 N–H and O–H groups in total. The number of carbonyl (C=O) groups excluding carboxylic acids is 1. The van der Waals surface area contributed by atoms with Crippen molar-refractivity contribution < 1.29 is 4.79 Å². The van der Waals surface area contributed by atoms with E-state index in [9.17, 15) is 4.79 Å². The number of rotatable bonds is 5. The van der Waals surface area contributed by atoms with Gasteiger partial charge in [-0.2, -0.15) is 0 Å². The van der Waals surface area contributed by atoms with Crippen LogP contribution in [0, 0.1) is 5.92 Å². The summed E-state index contributed by atoms with van der Waals surface area (Å²) in [7, 11) is 0. The summed E-state index contributed by atoms with van der Waals surface area (Å²) in [6, 6.07) is 3.91. The summed E-state index contributed by atoms with van der Waals surface area (Å²) >= 11 is 0. The number of nitrogens with one attached hydrogen (secondary N) is 1. The van der Waals surface area contributed by atoms with Crippen LogP contribution in [0.15, 0.2) is 24.5 Å². The molecule has 0 radical (unpaired) electrons. The van der Waals surface area contributed by atoms with E-state index in [1.54, 1.807) is 12.4 Å². The molecule has 2 atom stereocenters. The van der Waals surface area contributed by atoms with Gasteiger partial charge in [0, 0.05) is 25.0 Å². The molecule has 1 saturated carbocycles. The number of nitrogens with zero attached hydrogens (tertiary/aromatic N) is 1. The van der Waals surface area contributed by atoms with Crippen LogP contribution in [0.5, 0.6) is 0 Å². The Morgan fingerprint density at radius 2 is 2.21 bits per heavy atom. The smallest absolute Gasteiger partial charge is 0.227 e. The second-order valence-electron chi connectivity index (χ2n) is 4.70. The van der Waals surface area contributed by atoms with Crippen molar-refractivity contribution in [1.29, 1.82) is 0 Å². The second kappa shape index (κ2) is 8.35. The zero-order chi connectivity index (χ0) is 12.3. The number of hydrogen-bond acceptors (Lipinski definition) is 3. The van der Waals surface area contributed by atoms with E-state index in [0.717, 1.165) is 5.56 Å². The van der Waals surface area contributed by atoms with E-state index in [-0.39, 0.29) is 42.7 Å². The van der Waals surface area contributed by atoms with Crippen LogP contribution in [-0.2, 0) is 4.79 Å². The molecular formula is C13H21Cl2N3O. The summed E-state index contributed by atoms with van der Waals surface area (Å²) in [5, 5.41) is 3.04. The van der Waals surface area contributed by atoms with Gasteiger partial charge in [-0.25, -0.2) is 0 Å². The zero-order valence-corrected chi connectivity index (χ0v) is 12.5. The molecule has 1 fully saturated rings. The SMILES string of the molecule is CC(C(=O)NC(CN)C1CC1)c1cccnc1.Cl.Cl. The largest absolute Gasteiger partial charge is 0.351 e. The summed E-state index contributed by atoms with van der Waals surface area (Å²) in [6.07, 6.45) is 5.81. The third-order valence-corrected chi connectivity index (χ3v) is 3.35. The quantitative estimate of drug-likeness (QED) is 0.873. The number of aromatic nitrogens is 1. The Morgan fingerprint density at radius 1 is 1.53 bits per heavy atom. The zero-order valence-electron chi connectivity index (χ0n) is 10.9. The number of pyridine rings is 1. The van der Waals surface area contributed by atoms with Crippen LogP contribution in [-0.4, -0.2) is 23.5 Å². The molecule has 2 rings (SSSR count). The van der Waals surface area contributed by atoms with Gasteiger partial charge >= 0.3 is 0 Å². The molecule has 0 aromatic carbocycles. The van der Waals surface area contributed by atoms with E-state index >= 15 is 0 Å². The Labute approximate surface area is 126 Å². The Bertz CT molecular complexity index is 385. The standard InChI is InChI=1S/C13H19N3O.2ClH/c1-9(11-3-2-6-15-8-11)13(17)16-12(7-14)10-4-5-10;;/h2-3,6,8-10,12H,4-5,7,14H2,1H3,(H,16,17);2*1H. The first kappa shape index (κ1) is 18.2. The molecule has 19 heavy (non-hydrogen) atoms. The molecule has 0 aliphatic heterocycles. The first-order chi connectivity index (χ1) is 8.22. The predicted molar refractivity (Wildman–Crippen MR) is 80.9 cm³/mol. The summed E-state index contributed by atoms with van der Waals surface area (Å²) in [6.45, 7) is 2.42. The van der Waals surface area contributed by atoms with Crippen LogP contribution in [0.2, 0.25) is 0 Å². The van der Waals surface area contributed by atoms with Crippen LogP contribution >= 0.6 is 24.8 Å². The number of hydrogen-bond donors (Lipinski definition) is 2. The van der Waals surface area contributed by atoms with Crippen molar-refractivity contribution in [3.8, 4) is 0 Å². The molecule has 0 spiro atoms. The second-order valence-corrected chi connectivity index (χ2v) is 4.70. The fourth-order valence-corrected chi connectivity index (χ4v) is 1.96. The Morgan fingerprint density at radius 3 is 2.68 bits per heavy atom. The normalized spacial score (nSPS) is 16.5. The Kier molecular flexibility index (Phi) is 7.99. The van der Waals surface area contributed by atoms with Crippen molar-refractivity contribution in [3.63, 3.8) is 0 Å². The lowest BCUT2D eigenvalue weighted by Crippen LogP contribution is -2.43. The van der Waals surface area contributed by atoms with Gasteiger partial charge in [0.25, 0.3) is 0 Å². The topological polar surface area (TPSA) is 68.0 Å². The first-order valence-electron chi connectivity index (χ1n) is 6.12. The molecule has 1 aliphatic rings. The molecule has 108 valence electrons. The summed E-state index contributed by atoms with van der Waals surface area (Å²) in [5.74, 6) is 0.460. The van der Waals surface area contributed by atoms with Gasteiger partial charge in [0.1, 0.15) is 0 Å². The average Bonchev–Trinajstić information content (AvgIpc) is 3.20. The van der Waals surface area contributed by atoms with Crippen molar-refractivity contribution in [3.05, 3.63) is 30.1 Å². The first-order valence-corrected chi connectivity index (χ1v) is 6.12. The van der Waals surface area contributed by atoms with Crippen LogP contribution in [0.4, 0.5) is 0 Å². The van der Waals surface area contributed by atoms with E-state index < -0.39 is 0 Å². The molecule has 6 heteroatoms. The summed E-state index contributed by atoms with van der Waals surface area (Å²) in [5.41, 5.74) is 6.62. The van der Waals surface area contributed by atoms with E-state index in [0.29, 0.717) is 12.5 Å². The molecule has 0 saturated heterocycles. The Balaban J connectivity index is 0.00000162. The molecule has 1 aromatic heterocycles. The van der Waals surface area contributed by atoms with Crippen LogP contribution in [0.25, 0.3) is 0 Å². The maximum Gasteiger partial charge on any atom is 0.227 e. The van der Waals surface area contributed by atoms with Gasteiger partial charge in [0.2, 0.25) is 5.91 Å². The fourth-order valence-electron chi connectivity index (χ4n) is 1.96. The van der Waals surface area contributed by atoms with Gasteiger partial charge in [-0.3, -0.25) is 9.78 Å². The average molecular weight is 306 g/mol. The van der Waals surface area contributed by atoms with E-state index in [1.165, 1.54) is 12.8 Å². The maximum absolute atomic E-state index is 12.1. The predicted octanol–water partition coefficient (Wildman–Crippen LogP) is 1.88. The van der Waals surface area contributed by atoms with Crippen LogP contribution in [0.1, 0.15) is 31.2 Å². The highest BCUT2D eigenvalue weighted by atomic mass is 35.5.